The van der Waals surface area contributed by atoms with Crippen molar-refractivity contribution >= 4 is 11.9 Å². The molecule has 2 aliphatic heterocycles. The zero-order valence-corrected chi connectivity index (χ0v) is 39.5. The average Bonchev–Trinajstić information content (AvgIpc) is 3.29. The summed E-state index contributed by atoms with van der Waals surface area (Å²) in [4.78, 5) is 25.7. The molecule has 0 amide bonds. The highest BCUT2D eigenvalue weighted by Gasteiger charge is 2.47. The molecular weight excluding hydrogens is 829 g/mol. The SMILES string of the molecule is CCCCCCCC/C=C\CCCCCCCC(=O)O[C@H](COC(=O)CCCCCCCCCCCCCCC)CO[C@@H]1O[C@H](CO[C@H]2O[C@H](CO)[C@H](O)[C@H](O)[C@H]2O)[C@H](O)[C@H](O)[C@H]1O. The summed E-state index contributed by atoms with van der Waals surface area (Å²) in [5.41, 5.74) is 0. The molecular formula is C49H90O15. The monoisotopic (exact) mass is 919 g/mol. The Morgan fingerprint density at radius 3 is 1.38 bits per heavy atom. The van der Waals surface area contributed by atoms with E-state index < -0.39 is 92.7 Å². The minimum Gasteiger partial charge on any atom is -0.462 e. The molecule has 0 saturated carbocycles. The van der Waals surface area contributed by atoms with Gasteiger partial charge in [-0.25, -0.2) is 0 Å². The molecule has 0 aromatic rings. The summed E-state index contributed by atoms with van der Waals surface area (Å²) >= 11 is 0. The largest absolute Gasteiger partial charge is 0.462 e. The van der Waals surface area contributed by atoms with Crippen molar-refractivity contribution in [1.82, 2.24) is 0 Å². The Kier molecular flexibility index (Phi) is 34.0. The van der Waals surface area contributed by atoms with Crippen molar-refractivity contribution in [2.45, 2.75) is 261 Å². The summed E-state index contributed by atoms with van der Waals surface area (Å²) in [6.07, 6.45) is 18.1. The molecule has 2 saturated heterocycles. The van der Waals surface area contributed by atoms with Crippen LogP contribution in [0.25, 0.3) is 0 Å². The van der Waals surface area contributed by atoms with Crippen LogP contribution < -0.4 is 0 Å². The van der Waals surface area contributed by atoms with Gasteiger partial charge in [0.1, 0.15) is 55.4 Å². The fraction of sp³-hybridized carbons (Fsp3) is 0.918. The molecule has 15 nitrogen and oxygen atoms in total. The van der Waals surface area contributed by atoms with E-state index in [4.69, 9.17) is 28.4 Å². The van der Waals surface area contributed by atoms with E-state index >= 15 is 0 Å². The molecule has 2 heterocycles. The molecule has 2 fully saturated rings. The Hall–Kier alpha value is -1.76. The second-order valence-electron chi connectivity index (χ2n) is 18.0. The summed E-state index contributed by atoms with van der Waals surface area (Å²) < 4.78 is 33.5. The van der Waals surface area contributed by atoms with Crippen LogP contribution in [-0.2, 0) is 38.0 Å². The topological polar surface area (TPSA) is 231 Å². The Morgan fingerprint density at radius 2 is 0.891 bits per heavy atom. The molecule has 2 rings (SSSR count). The summed E-state index contributed by atoms with van der Waals surface area (Å²) in [6, 6.07) is 0. The Morgan fingerprint density at radius 1 is 0.484 bits per heavy atom. The fourth-order valence-corrected chi connectivity index (χ4v) is 8.04. The maximum absolute atomic E-state index is 13.0. The van der Waals surface area contributed by atoms with Crippen molar-refractivity contribution in [1.29, 1.82) is 0 Å². The molecule has 7 N–H and O–H groups in total. The van der Waals surface area contributed by atoms with Gasteiger partial charge in [-0.05, 0) is 38.5 Å². The van der Waals surface area contributed by atoms with Gasteiger partial charge in [0.05, 0.1) is 19.8 Å². The standard InChI is InChI=1S/C49H90O15/c1-3-5-7-9-11-13-15-17-18-20-22-24-26-28-30-32-41(52)62-37(34-59-40(51)31-29-27-25-23-21-19-16-14-12-10-8-6-4-2)35-60-48-47(58)45(56)43(54)39(64-48)36-61-49-46(57)44(55)42(53)38(33-50)63-49/h17-18,37-39,42-50,53-58H,3-16,19-36H2,1-2H3/b18-17-/t37-,38-,39-,42+,43+,44+,45+,46-,47-,48-,49+/m1/s1. The fourth-order valence-electron chi connectivity index (χ4n) is 8.04. The first-order chi connectivity index (χ1) is 31.0. The molecule has 64 heavy (non-hydrogen) atoms. The van der Waals surface area contributed by atoms with Crippen molar-refractivity contribution in [2.24, 2.45) is 0 Å². The highest BCUT2D eigenvalue weighted by atomic mass is 16.7. The van der Waals surface area contributed by atoms with Gasteiger partial charge in [-0.2, -0.15) is 0 Å². The molecule has 0 bridgehead atoms. The third kappa shape index (κ3) is 25.4. The number of hydrogen-bond acceptors (Lipinski definition) is 15. The molecule has 0 radical (unpaired) electrons. The van der Waals surface area contributed by atoms with Gasteiger partial charge in [0.25, 0.3) is 0 Å². The highest BCUT2D eigenvalue weighted by molar-refractivity contribution is 5.70. The van der Waals surface area contributed by atoms with E-state index in [9.17, 15) is 45.3 Å². The predicted molar refractivity (Wildman–Crippen MR) is 243 cm³/mol. The smallest absolute Gasteiger partial charge is 0.306 e. The van der Waals surface area contributed by atoms with Crippen LogP contribution in [0.3, 0.4) is 0 Å². The second kappa shape index (κ2) is 37.2. The number of allylic oxidation sites excluding steroid dienone is 2. The third-order valence-corrected chi connectivity index (χ3v) is 12.2. The maximum Gasteiger partial charge on any atom is 0.306 e. The van der Waals surface area contributed by atoms with Crippen LogP contribution in [0.5, 0.6) is 0 Å². The van der Waals surface area contributed by atoms with E-state index in [0.717, 1.165) is 57.8 Å². The lowest BCUT2D eigenvalue weighted by molar-refractivity contribution is -0.332. The number of carbonyl (C=O) groups excluding carboxylic acids is 2. The van der Waals surface area contributed by atoms with Crippen molar-refractivity contribution in [3.8, 4) is 0 Å². The lowest BCUT2D eigenvalue weighted by Crippen LogP contribution is -2.61. The molecule has 0 aliphatic carbocycles. The number of unbranched alkanes of at least 4 members (excludes halogenated alkanes) is 23. The first-order valence-electron chi connectivity index (χ1n) is 25.3. The third-order valence-electron chi connectivity index (χ3n) is 12.2. The second-order valence-corrected chi connectivity index (χ2v) is 18.0. The van der Waals surface area contributed by atoms with Crippen molar-refractivity contribution < 1.29 is 73.8 Å². The minimum atomic E-state index is -1.76. The minimum absolute atomic E-state index is 0.159. The summed E-state index contributed by atoms with van der Waals surface area (Å²) in [5.74, 6) is -0.926. The lowest BCUT2D eigenvalue weighted by Gasteiger charge is -2.42. The normalized spacial score (nSPS) is 26.6. The van der Waals surface area contributed by atoms with Gasteiger partial charge in [-0.3, -0.25) is 9.59 Å². The zero-order chi connectivity index (χ0) is 46.8. The Balaban J connectivity index is 1.82. The zero-order valence-electron chi connectivity index (χ0n) is 39.5. The molecule has 0 spiro atoms. The average molecular weight is 919 g/mol. The van der Waals surface area contributed by atoms with E-state index in [1.165, 1.54) is 96.3 Å². The first-order valence-corrected chi connectivity index (χ1v) is 25.3. The van der Waals surface area contributed by atoms with Gasteiger partial charge in [0, 0.05) is 12.8 Å². The van der Waals surface area contributed by atoms with E-state index in [1.54, 1.807) is 0 Å². The van der Waals surface area contributed by atoms with Crippen molar-refractivity contribution in [3.63, 3.8) is 0 Å². The summed E-state index contributed by atoms with van der Waals surface area (Å²) in [5, 5.41) is 72.0. The number of aliphatic hydroxyl groups excluding tert-OH is 7. The van der Waals surface area contributed by atoms with Gasteiger partial charge in [-0.15, -0.1) is 0 Å². The van der Waals surface area contributed by atoms with Crippen molar-refractivity contribution in [2.75, 3.05) is 26.4 Å². The molecule has 0 unspecified atom stereocenters. The van der Waals surface area contributed by atoms with E-state index in [2.05, 4.69) is 26.0 Å². The Labute approximate surface area is 384 Å². The van der Waals surface area contributed by atoms with Gasteiger partial charge in [0.15, 0.2) is 18.7 Å². The van der Waals surface area contributed by atoms with Gasteiger partial charge < -0.3 is 64.2 Å². The molecule has 11 atom stereocenters. The van der Waals surface area contributed by atoms with Gasteiger partial charge in [-0.1, -0.05) is 154 Å². The highest BCUT2D eigenvalue weighted by Crippen LogP contribution is 2.26. The van der Waals surface area contributed by atoms with E-state index in [-0.39, 0.29) is 26.1 Å². The van der Waals surface area contributed by atoms with Crippen LogP contribution >= 0.6 is 0 Å². The molecule has 376 valence electrons. The molecule has 15 heteroatoms. The predicted octanol–water partition coefficient (Wildman–Crippen LogP) is 6.60. The summed E-state index contributed by atoms with van der Waals surface area (Å²) in [7, 11) is 0. The number of rotatable bonds is 39. The number of ether oxygens (including phenoxy) is 6. The quantitative estimate of drug-likeness (QED) is 0.0196. The van der Waals surface area contributed by atoms with Crippen LogP contribution in [0.4, 0.5) is 0 Å². The first kappa shape index (κ1) is 58.4. The molecule has 2 aliphatic rings. The Bertz CT molecular complexity index is 1170. The van der Waals surface area contributed by atoms with E-state index in [1.807, 2.05) is 0 Å². The number of carbonyl (C=O) groups is 2. The van der Waals surface area contributed by atoms with Crippen LogP contribution in [0.2, 0.25) is 0 Å². The van der Waals surface area contributed by atoms with Gasteiger partial charge >= 0.3 is 11.9 Å². The van der Waals surface area contributed by atoms with Crippen LogP contribution in [0.1, 0.15) is 194 Å². The molecule has 0 aromatic heterocycles. The number of aliphatic hydroxyl groups is 7. The number of hydrogen-bond donors (Lipinski definition) is 7. The maximum atomic E-state index is 13.0. The summed E-state index contributed by atoms with van der Waals surface area (Å²) in [6.45, 7) is 2.58. The van der Waals surface area contributed by atoms with Crippen molar-refractivity contribution in [3.05, 3.63) is 12.2 Å². The lowest BCUT2D eigenvalue weighted by atomic mass is 9.98. The van der Waals surface area contributed by atoms with Crippen LogP contribution in [0.15, 0.2) is 12.2 Å². The number of esters is 2. The van der Waals surface area contributed by atoms with Crippen LogP contribution in [0, 0.1) is 0 Å². The van der Waals surface area contributed by atoms with Gasteiger partial charge in [0.2, 0.25) is 0 Å². The molecule has 0 aromatic carbocycles. The van der Waals surface area contributed by atoms with Crippen LogP contribution in [-0.4, -0.2) is 142 Å². The van der Waals surface area contributed by atoms with E-state index in [0.29, 0.717) is 12.8 Å².